The van der Waals surface area contributed by atoms with Crippen molar-refractivity contribution in [3.63, 3.8) is 0 Å². The van der Waals surface area contributed by atoms with Crippen LogP contribution in [0.3, 0.4) is 0 Å². The SMILES string of the molecule is Cc1ccc(NC(=O)Cc2coc3ccc(C(C)(C)C)cc23)cc1. The van der Waals surface area contributed by atoms with E-state index in [0.717, 1.165) is 22.2 Å². The van der Waals surface area contributed by atoms with E-state index in [1.165, 1.54) is 11.1 Å². The number of nitrogens with one attached hydrogen (secondary N) is 1. The fourth-order valence-corrected chi connectivity index (χ4v) is 2.70. The van der Waals surface area contributed by atoms with Gasteiger partial charge < -0.3 is 9.73 Å². The van der Waals surface area contributed by atoms with Gasteiger partial charge in [0.15, 0.2) is 0 Å². The maximum absolute atomic E-state index is 12.3. The van der Waals surface area contributed by atoms with E-state index < -0.39 is 0 Å². The fourth-order valence-electron chi connectivity index (χ4n) is 2.70. The first kappa shape index (κ1) is 16.3. The second-order valence-electron chi connectivity index (χ2n) is 7.31. The van der Waals surface area contributed by atoms with Gasteiger partial charge in [-0.05, 0) is 42.2 Å². The second kappa shape index (κ2) is 6.16. The number of carbonyl (C=O) groups excluding carboxylic acids is 1. The standard InChI is InChI=1S/C21H23NO2/c1-14-5-8-17(9-6-14)22-20(23)11-15-13-24-19-10-7-16(12-18(15)19)21(2,3)4/h5-10,12-13H,11H2,1-4H3,(H,22,23). The van der Waals surface area contributed by atoms with Crippen LogP contribution in [-0.2, 0) is 16.6 Å². The van der Waals surface area contributed by atoms with E-state index >= 15 is 0 Å². The lowest BCUT2D eigenvalue weighted by atomic mass is 9.86. The molecule has 1 heterocycles. The van der Waals surface area contributed by atoms with E-state index in [9.17, 15) is 4.79 Å². The molecule has 0 unspecified atom stereocenters. The third-order valence-corrected chi connectivity index (χ3v) is 4.21. The molecular weight excluding hydrogens is 298 g/mol. The van der Waals surface area contributed by atoms with Gasteiger partial charge in [-0.15, -0.1) is 0 Å². The molecule has 3 heteroatoms. The van der Waals surface area contributed by atoms with Crippen LogP contribution in [0, 0.1) is 6.92 Å². The predicted octanol–water partition coefficient (Wildman–Crippen LogP) is 5.22. The van der Waals surface area contributed by atoms with E-state index in [1.807, 2.05) is 37.3 Å². The lowest BCUT2D eigenvalue weighted by Gasteiger charge is -2.18. The van der Waals surface area contributed by atoms with Crippen LogP contribution in [0.2, 0.25) is 0 Å². The third-order valence-electron chi connectivity index (χ3n) is 4.21. The van der Waals surface area contributed by atoms with Gasteiger partial charge in [0, 0.05) is 16.6 Å². The quantitative estimate of drug-likeness (QED) is 0.718. The normalized spacial score (nSPS) is 11.7. The van der Waals surface area contributed by atoms with E-state index in [0.29, 0.717) is 6.42 Å². The number of fused-ring (bicyclic) bond motifs is 1. The third kappa shape index (κ3) is 3.51. The highest BCUT2D eigenvalue weighted by atomic mass is 16.3. The van der Waals surface area contributed by atoms with Crippen molar-refractivity contribution in [2.45, 2.75) is 39.5 Å². The molecule has 0 saturated heterocycles. The van der Waals surface area contributed by atoms with Gasteiger partial charge in [-0.1, -0.05) is 44.5 Å². The largest absolute Gasteiger partial charge is 0.464 e. The molecule has 0 aliphatic carbocycles. The summed E-state index contributed by atoms with van der Waals surface area (Å²) in [7, 11) is 0. The molecule has 2 aromatic carbocycles. The summed E-state index contributed by atoms with van der Waals surface area (Å²) < 4.78 is 5.60. The first-order valence-corrected chi connectivity index (χ1v) is 8.20. The molecule has 0 saturated carbocycles. The Morgan fingerprint density at radius 2 is 1.79 bits per heavy atom. The monoisotopic (exact) mass is 321 g/mol. The van der Waals surface area contributed by atoms with Crippen molar-refractivity contribution >= 4 is 22.6 Å². The molecule has 3 aromatic rings. The summed E-state index contributed by atoms with van der Waals surface area (Å²) in [5.41, 5.74) is 5.02. The van der Waals surface area contributed by atoms with Crippen LogP contribution in [0.1, 0.15) is 37.5 Å². The van der Waals surface area contributed by atoms with Gasteiger partial charge in [0.05, 0.1) is 12.7 Å². The highest BCUT2D eigenvalue weighted by Crippen LogP contribution is 2.29. The number of benzene rings is 2. The summed E-state index contributed by atoms with van der Waals surface area (Å²) in [5, 5.41) is 3.95. The van der Waals surface area contributed by atoms with E-state index in [-0.39, 0.29) is 11.3 Å². The Morgan fingerprint density at radius 1 is 1.08 bits per heavy atom. The number of anilines is 1. The summed E-state index contributed by atoms with van der Waals surface area (Å²) in [6, 6.07) is 14.0. The van der Waals surface area contributed by atoms with Crippen LogP contribution in [-0.4, -0.2) is 5.91 Å². The van der Waals surface area contributed by atoms with Crippen molar-refractivity contribution in [1.29, 1.82) is 0 Å². The molecule has 0 aliphatic rings. The maximum Gasteiger partial charge on any atom is 0.228 e. The average molecular weight is 321 g/mol. The Balaban J connectivity index is 1.81. The van der Waals surface area contributed by atoms with Crippen LogP contribution in [0.5, 0.6) is 0 Å². The number of rotatable bonds is 3. The van der Waals surface area contributed by atoms with Crippen molar-refractivity contribution in [2.24, 2.45) is 0 Å². The first-order chi connectivity index (χ1) is 11.3. The first-order valence-electron chi connectivity index (χ1n) is 8.20. The summed E-state index contributed by atoms with van der Waals surface area (Å²) in [4.78, 5) is 12.3. The van der Waals surface area contributed by atoms with Gasteiger partial charge in [-0.25, -0.2) is 0 Å². The number of hydrogen-bond acceptors (Lipinski definition) is 2. The van der Waals surface area contributed by atoms with Crippen LogP contribution in [0.15, 0.2) is 53.1 Å². The molecular formula is C21H23NO2. The molecule has 3 rings (SSSR count). The molecule has 0 radical (unpaired) electrons. The van der Waals surface area contributed by atoms with Crippen molar-refractivity contribution in [3.8, 4) is 0 Å². The minimum absolute atomic E-state index is 0.0392. The van der Waals surface area contributed by atoms with Crippen molar-refractivity contribution in [1.82, 2.24) is 0 Å². The highest BCUT2D eigenvalue weighted by molar-refractivity contribution is 5.95. The van der Waals surface area contributed by atoms with Gasteiger partial charge in [-0.2, -0.15) is 0 Å². The van der Waals surface area contributed by atoms with Gasteiger partial charge in [-0.3, -0.25) is 4.79 Å². The molecule has 0 fully saturated rings. The van der Waals surface area contributed by atoms with Gasteiger partial charge in [0.25, 0.3) is 0 Å². The predicted molar refractivity (Wildman–Crippen MR) is 98.4 cm³/mol. The molecule has 0 atom stereocenters. The summed E-state index contributed by atoms with van der Waals surface area (Å²) in [6.45, 7) is 8.56. The summed E-state index contributed by atoms with van der Waals surface area (Å²) >= 11 is 0. The summed E-state index contributed by atoms with van der Waals surface area (Å²) in [6.07, 6.45) is 1.99. The lowest BCUT2D eigenvalue weighted by Crippen LogP contribution is -2.14. The Bertz CT molecular complexity index is 867. The molecule has 0 spiro atoms. The van der Waals surface area contributed by atoms with Crippen LogP contribution in [0.25, 0.3) is 11.0 Å². The van der Waals surface area contributed by atoms with Crippen molar-refractivity contribution < 1.29 is 9.21 Å². The lowest BCUT2D eigenvalue weighted by molar-refractivity contribution is -0.115. The Hall–Kier alpha value is -2.55. The van der Waals surface area contributed by atoms with Crippen molar-refractivity contribution in [3.05, 3.63) is 65.4 Å². The molecule has 24 heavy (non-hydrogen) atoms. The smallest absolute Gasteiger partial charge is 0.228 e. The topological polar surface area (TPSA) is 42.2 Å². The Morgan fingerprint density at radius 3 is 2.46 bits per heavy atom. The second-order valence-corrected chi connectivity index (χ2v) is 7.31. The molecule has 1 aromatic heterocycles. The number of hydrogen-bond donors (Lipinski definition) is 1. The minimum Gasteiger partial charge on any atom is -0.464 e. The van der Waals surface area contributed by atoms with Crippen LogP contribution < -0.4 is 5.32 Å². The van der Waals surface area contributed by atoms with Gasteiger partial charge >= 0.3 is 0 Å². The van der Waals surface area contributed by atoms with Gasteiger partial charge in [0.2, 0.25) is 5.91 Å². The average Bonchev–Trinajstić information content (AvgIpc) is 2.91. The summed E-state index contributed by atoms with van der Waals surface area (Å²) in [5.74, 6) is -0.0392. The molecule has 1 amide bonds. The van der Waals surface area contributed by atoms with Crippen LogP contribution >= 0.6 is 0 Å². The Labute approximate surface area is 142 Å². The number of carbonyl (C=O) groups is 1. The molecule has 1 N–H and O–H groups in total. The zero-order chi connectivity index (χ0) is 17.3. The van der Waals surface area contributed by atoms with E-state index in [2.05, 4.69) is 38.2 Å². The van der Waals surface area contributed by atoms with E-state index in [1.54, 1.807) is 6.26 Å². The minimum atomic E-state index is -0.0392. The van der Waals surface area contributed by atoms with Gasteiger partial charge in [0.1, 0.15) is 5.58 Å². The number of amides is 1. The molecule has 0 bridgehead atoms. The molecule has 124 valence electrons. The van der Waals surface area contributed by atoms with Crippen molar-refractivity contribution in [2.75, 3.05) is 5.32 Å². The molecule has 3 nitrogen and oxygen atoms in total. The zero-order valence-corrected chi connectivity index (χ0v) is 14.6. The molecule has 0 aliphatic heterocycles. The maximum atomic E-state index is 12.3. The number of aryl methyl sites for hydroxylation is 1. The number of furan rings is 1. The van der Waals surface area contributed by atoms with Crippen LogP contribution in [0.4, 0.5) is 5.69 Å². The zero-order valence-electron chi connectivity index (χ0n) is 14.6. The highest BCUT2D eigenvalue weighted by Gasteiger charge is 2.17. The Kier molecular flexibility index (Phi) is 4.18. The fraction of sp³-hybridized carbons (Fsp3) is 0.286. The van der Waals surface area contributed by atoms with E-state index in [4.69, 9.17) is 4.42 Å².